The van der Waals surface area contributed by atoms with Gasteiger partial charge in [0.15, 0.2) is 5.82 Å². The van der Waals surface area contributed by atoms with Crippen LogP contribution in [0.15, 0.2) is 30.5 Å². The summed E-state index contributed by atoms with van der Waals surface area (Å²) in [5, 5.41) is 16.8. The number of aryl methyl sites for hydroxylation is 1. The zero-order valence-electron chi connectivity index (χ0n) is 15.2. The Labute approximate surface area is 163 Å². The molecule has 2 aromatic rings. The first-order valence-electron chi connectivity index (χ1n) is 8.95. The molecule has 1 heterocycles. The van der Waals surface area contributed by atoms with E-state index >= 15 is 0 Å². The van der Waals surface area contributed by atoms with Gasteiger partial charge in [0.05, 0.1) is 11.9 Å². The quantitative estimate of drug-likeness (QED) is 0.683. The number of aromatic amines is 1. The summed E-state index contributed by atoms with van der Waals surface area (Å²) in [6.07, 6.45) is 7.80. The Morgan fingerprint density at radius 3 is 2.82 bits per heavy atom. The highest BCUT2D eigenvalue weighted by molar-refractivity contribution is 7.89. The normalized spacial score (nSPS) is 14.2. The molecule has 0 unspecified atom stereocenters. The van der Waals surface area contributed by atoms with Gasteiger partial charge in [-0.05, 0) is 55.4 Å². The Morgan fingerprint density at radius 1 is 1.36 bits per heavy atom. The number of anilines is 1. The van der Waals surface area contributed by atoms with E-state index in [1.54, 1.807) is 12.1 Å². The molecule has 0 saturated heterocycles. The summed E-state index contributed by atoms with van der Waals surface area (Å²) in [4.78, 5) is 19.1. The van der Waals surface area contributed by atoms with Crippen molar-refractivity contribution in [3.8, 4) is 6.07 Å². The van der Waals surface area contributed by atoms with Gasteiger partial charge in [0.25, 0.3) is 5.91 Å². The number of imidazole rings is 1. The average molecular weight is 399 g/mol. The summed E-state index contributed by atoms with van der Waals surface area (Å²) < 4.78 is 22.5. The number of carbonyl (C=O) groups excluding carboxylic acids is 1. The van der Waals surface area contributed by atoms with E-state index in [4.69, 9.17) is 10.4 Å². The molecule has 0 aliphatic heterocycles. The largest absolute Gasteiger partial charge is 0.326 e. The molecule has 28 heavy (non-hydrogen) atoms. The van der Waals surface area contributed by atoms with Gasteiger partial charge in [-0.25, -0.2) is 18.5 Å². The second-order valence-electron chi connectivity index (χ2n) is 6.68. The molecular weight excluding hydrogens is 378 g/mol. The van der Waals surface area contributed by atoms with Crippen LogP contribution in [-0.4, -0.2) is 30.0 Å². The summed E-state index contributed by atoms with van der Waals surface area (Å²) >= 11 is 0. The fraction of sp³-hybridized carbons (Fsp3) is 0.316. The van der Waals surface area contributed by atoms with Gasteiger partial charge < -0.3 is 10.3 Å². The van der Waals surface area contributed by atoms with E-state index in [1.807, 2.05) is 12.1 Å². The molecule has 1 aliphatic carbocycles. The fourth-order valence-electron chi connectivity index (χ4n) is 3.14. The zero-order valence-corrected chi connectivity index (χ0v) is 16.1. The van der Waals surface area contributed by atoms with Crippen LogP contribution in [0.25, 0.3) is 5.57 Å². The van der Waals surface area contributed by atoms with Crippen LogP contribution < -0.4 is 10.5 Å². The molecule has 0 atom stereocenters. The topological polar surface area (TPSA) is 142 Å². The first kappa shape index (κ1) is 19.8. The molecule has 3 rings (SSSR count). The van der Waals surface area contributed by atoms with E-state index in [0.717, 1.165) is 42.4 Å². The molecule has 0 saturated carbocycles. The van der Waals surface area contributed by atoms with E-state index < -0.39 is 15.9 Å². The molecule has 0 fully saturated rings. The van der Waals surface area contributed by atoms with E-state index in [2.05, 4.69) is 21.4 Å². The maximum atomic E-state index is 12.5. The third-order valence-electron chi connectivity index (χ3n) is 4.56. The lowest BCUT2D eigenvalue weighted by Gasteiger charge is -2.18. The number of amides is 1. The van der Waals surface area contributed by atoms with E-state index in [0.29, 0.717) is 12.1 Å². The van der Waals surface area contributed by atoms with Crippen molar-refractivity contribution in [2.45, 2.75) is 32.1 Å². The lowest BCUT2D eigenvalue weighted by atomic mass is 9.91. The number of rotatable bonds is 6. The van der Waals surface area contributed by atoms with Gasteiger partial charge in [-0.1, -0.05) is 12.1 Å². The average Bonchev–Trinajstić information content (AvgIpc) is 3.17. The van der Waals surface area contributed by atoms with Gasteiger partial charge in [-0.15, -0.1) is 0 Å². The number of carbonyl (C=O) groups is 1. The lowest BCUT2D eigenvalue weighted by Crippen LogP contribution is -2.18. The molecule has 0 radical (unpaired) electrons. The molecule has 1 amide bonds. The minimum atomic E-state index is -3.55. The molecule has 0 spiro atoms. The molecule has 0 bridgehead atoms. The van der Waals surface area contributed by atoms with Crippen LogP contribution >= 0.6 is 0 Å². The van der Waals surface area contributed by atoms with Crippen molar-refractivity contribution >= 4 is 27.2 Å². The van der Waals surface area contributed by atoms with Gasteiger partial charge in [0, 0.05) is 11.3 Å². The molecular formula is C19H21N5O3S. The Kier molecular flexibility index (Phi) is 5.92. The van der Waals surface area contributed by atoms with E-state index in [-0.39, 0.29) is 17.3 Å². The number of sulfonamides is 1. The summed E-state index contributed by atoms with van der Waals surface area (Å²) in [6, 6.07) is 7.33. The Bertz CT molecular complexity index is 1060. The van der Waals surface area contributed by atoms with Crippen molar-refractivity contribution in [1.29, 1.82) is 5.26 Å². The highest BCUT2D eigenvalue weighted by atomic mass is 32.2. The first-order chi connectivity index (χ1) is 13.4. The highest BCUT2D eigenvalue weighted by Crippen LogP contribution is 2.32. The van der Waals surface area contributed by atoms with Crippen LogP contribution in [0.4, 0.5) is 5.69 Å². The van der Waals surface area contributed by atoms with Crippen molar-refractivity contribution < 1.29 is 13.2 Å². The molecule has 1 aromatic heterocycles. The van der Waals surface area contributed by atoms with E-state index in [1.165, 1.54) is 6.20 Å². The number of nitriles is 1. The minimum absolute atomic E-state index is 0.0541. The summed E-state index contributed by atoms with van der Waals surface area (Å²) in [5.74, 6) is -0.532. The second kappa shape index (κ2) is 8.37. The second-order valence-corrected chi connectivity index (χ2v) is 8.42. The number of hydrogen-bond donors (Lipinski definition) is 3. The third-order valence-corrected chi connectivity index (χ3v) is 5.33. The Hall–Kier alpha value is -2.96. The maximum Gasteiger partial charge on any atom is 0.291 e. The number of hydrogen-bond acceptors (Lipinski definition) is 5. The molecule has 4 N–H and O–H groups in total. The van der Waals surface area contributed by atoms with Crippen LogP contribution in [0, 0.1) is 11.3 Å². The van der Waals surface area contributed by atoms with Crippen molar-refractivity contribution in [3.05, 3.63) is 53.1 Å². The van der Waals surface area contributed by atoms with Crippen LogP contribution in [0.3, 0.4) is 0 Å². The van der Waals surface area contributed by atoms with Crippen molar-refractivity contribution in [2.75, 3.05) is 11.1 Å². The van der Waals surface area contributed by atoms with Crippen LogP contribution in [0.1, 0.15) is 53.1 Å². The Balaban J connectivity index is 1.89. The molecule has 9 heteroatoms. The van der Waals surface area contributed by atoms with Gasteiger partial charge >= 0.3 is 0 Å². The maximum absolute atomic E-state index is 12.5. The lowest BCUT2D eigenvalue weighted by molar-refractivity contribution is 0.101. The van der Waals surface area contributed by atoms with Crippen molar-refractivity contribution in [3.63, 3.8) is 0 Å². The fourth-order valence-corrected chi connectivity index (χ4v) is 3.66. The standard InChI is InChI=1S/C19H21N5O3S/c20-11-15-12-22-18(23-15)19(25)24-17-7-6-13(8-9-28(21,26)27)10-16(17)14-4-2-1-3-5-14/h4,6-7,10,12H,1-3,5,8-9H2,(H,22,23)(H,24,25)(H2,21,26,27). The molecule has 146 valence electrons. The summed E-state index contributed by atoms with van der Waals surface area (Å²) in [5.41, 5.74) is 3.65. The number of benzene rings is 1. The number of nitrogens with zero attached hydrogens (tertiary/aromatic N) is 2. The van der Waals surface area contributed by atoms with Gasteiger partial charge in [-0.2, -0.15) is 5.26 Å². The van der Waals surface area contributed by atoms with Crippen LogP contribution in [0.2, 0.25) is 0 Å². The van der Waals surface area contributed by atoms with Crippen LogP contribution in [-0.2, 0) is 16.4 Å². The predicted octanol–water partition coefficient (Wildman–Crippen LogP) is 2.32. The van der Waals surface area contributed by atoms with Gasteiger partial charge in [0.2, 0.25) is 10.0 Å². The zero-order chi connectivity index (χ0) is 20.1. The smallest absolute Gasteiger partial charge is 0.291 e. The van der Waals surface area contributed by atoms with Crippen molar-refractivity contribution in [1.82, 2.24) is 9.97 Å². The molecule has 8 nitrogen and oxygen atoms in total. The number of primary sulfonamides is 1. The third kappa shape index (κ3) is 5.06. The Morgan fingerprint density at radius 2 is 2.18 bits per heavy atom. The van der Waals surface area contributed by atoms with Gasteiger partial charge in [-0.3, -0.25) is 4.79 Å². The number of H-pyrrole nitrogens is 1. The van der Waals surface area contributed by atoms with Gasteiger partial charge in [0.1, 0.15) is 11.8 Å². The monoisotopic (exact) mass is 399 g/mol. The number of allylic oxidation sites excluding steroid dienone is 2. The number of aromatic nitrogens is 2. The predicted molar refractivity (Wildman–Crippen MR) is 106 cm³/mol. The van der Waals surface area contributed by atoms with Crippen molar-refractivity contribution in [2.24, 2.45) is 5.14 Å². The number of nitrogens with two attached hydrogens (primary N) is 1. The summed E-state index contributed by atoms with van der Waals surface area (Å²) in [6.45, 7) is 0. The molecule has 1 aromatic carbocycles. The minimum Gasteiger partial charge on any atom is -0.326 e. The molecule has 1 aliphatic rings. The van der Waals surface area contributed by atoms with Crippen LogP contribution in [0.5, 0.6) is 0 Å². The van der Waals surface area contributed by atoms with E-state index in [9.17, 15) is 13.2 Å². The number of nitrogens with one attached hydrogen (secondary N) is 2. The SMILES string of the molecule is N#Cc1cnc(C(=O)Nc2ccc(CCS(N)(=O)=O)cc2C2=CCCCC2)[nH]1. The first-order valence-corrected chi connectivity index (χ1v) is 10.7. The highest BCUT2D eigenvalue weighted by Gasteiger charge is 2.17. The summed E-state index contributed by atoms with van der Waals surface area (Å²) in [7, 11) is -3.55.